The first-order valence-electron chi connectivity index (χ1n) is 5.71. The van der Waals surface area contributed by atoms with Crippen LogP contribution in [0.25, 0.3) is 0 Å². The number of benzene rings is 1. The maximum atomic E-state index is 12.1. The average molecular weight is 330 g/mol. The van der Waals surface area contributed by atoms with Gasteiger partial charge in [0, 0.05) is 12.2 Å². The van der Waals surface area contributed by atoms with E-state index in [1.807, 2.05) is 0 Å². The lowest BCUT2D eigenvalue weighted by Crippen LogP contribution is -2.05. The van der Waals surface area contributed by atoms with Crippen LogP contribution in [0.4, 0.5) is 14.5 Å². The zero-order valence-corrected chi connectivity index (χ0v) is 12.7. The summed E-state index contributed by atoms with van der Waals surface area (Å²) in [5.74, 6) is 0.927. The maximum absolute atomic E-state index is 12.1. The van der Waals surface area contributed by atoms with Crippen LogP contribution < -0.4 is 10.1 Å². The van der Waals surface area contributed by atoms with Crippen molar-refractivity contribution in [1.82, 2.24) is 0 Å². The van der Waals surface area contributed by atoms with E-state index in [-0.39, 0.29) is 15.8 Å². The Morgan fingerprint density at radius 1 is 1.26 bits per heavy atom. The normalized spacial score (nSPS) is 10.8. The molecule has 0 aromatic heterocycles. The molecule has 0 heterocycles. The van der Waals surface area contributed by atoms with Gasteiger partial charge < -0.3 is 10.1 Å². The van der Waals surface area contributed by atoms with Gasteiger partial charge in [-0.3, -0.25) is 0 Å². The van der Waals surface area contributed by atoms with Crippen LogP contribution in [0.2, 0.25) is 10.0 Å². The first-order chi connectivity index (χ1) is 9.04. The molecule has 108 valence electrons. The van der Waals surface area contributed by atoms with Gasteiger partial charge in [0.15, 0.2) is 5.75 Å². The van der Waals surface area contributed by atoms with Crippen LogP contribution in [0.15, 0.2) is 12.1 Å². The SMILES string of the molecule is CSCCCCNc1cc(Cl)c(OC(F)F)c(Cl)c1. The molecule has 0 bridgehead atoms. The van der Waals surface area contributed by atoms with Gasteiger partial charge in [-0.25, -0.2) is 0 Å². The molecule has 0 radical (unpaired) electrons. The highest BCUT2D eigenvalue weighted by Crippen LogP contribution is 2.36. The molecule has 0 saturated carbocycles. The summed E-state index contributed by atoms with van der Waals surface area (Å²) in [4.78, 5) is 0. The van der Waals surface area contributed by atoms with Crippen LogP contribution in [-0.2, 0) is 0 Å². The van der Waals surface area contributed by atoms with Crippen molar-refractivity contribution in [2.75, 3.05) is 23.9 Å². The van der Waals surface area contributed by atoms with Crippen LogP contribution in [0, 0.1) is 0 Å². The molecule has 0 unspecified atom stereocenters. The Morgan fingerprint density at radius 2 is 1.89 bits per heavy atom. The Labute approximate surface area is 125 Å². The largest absolute Gasteiger partial charge is 0.432 e. The topological polar surface area (TPSA) is 21.3 Å². The number of ether oxygens (including phenoxy) is 1. The first-order valence-corrected chi connectivity index (χ1v) is 7.86. The quantitative estimate of drug-likeness (QED) is 0.666. The van der Waals surface area contributed by atoms with E-state index in [1.54, 1.807) is 11.8 Å². The molecule has 1 aromatic carbocycles. The van der Waals surface area contributed by atoms with E-state index in [4.69, 9.17) is 23.2 Å². The summed E-state index contributed by atoms with van der Waals surface area (Å²) in [6.45, 7) is -2.16. The molecule has 7 heteroatoms. The van der Waals surface area contributed by atoms with Crippen LogP contribution in [0.5, 0.6) is 5.75 Å². The van der Waals surface area contributed by atoms with Gasteiger partial charge in [0.1, 0.15) is 0 Å². The summed E-state index contributed by atoms with van der Waals surface area (Å²) in [5.41, 5.74) is 0.695. The van der Waals surface area contributed by atoms with E-state index in [1.165, 1.54) is 12.1 Å². The van der Waals surface area contributed by atoms with Gasteiger partial charge in [-0.05, 0) is 37.0 Å². The first kappa shape index (κ1) is 16.7. The summed E-state index contributed by atoms with van der Waals surface area (Å²) in [6, 6.07) is 3.05. The minimum atomic E-state index is -2.94. The predicted octanol–water partition coefficient (Wildman–Crippen LogP) is 5.15. The standard InChI is InChI=1S/C12H15Cl2F2NOS/c1-19-5-3-2-4-17-8-6-9(13)11(10(14)7-8)18-12(15)16/h6-7,12,17H,2-5H2,1H3. The number of unbranched alkanes of at least 4 members (excludes halogenated alkanes) is 1. The Hall–Kier alpha value is -0.390. The Bertz CT molecular complexity index is 384. The smallest absolute Gasteiger partial charge is 0.387 e. The van der Waals surface area contributed by atoms with Gasteiger partial charge in [-0.2, -0.15) is 20.5 Å². The maximum Gasteiger partial charge on any atom is 0.387 e. The van der Waals surface area contributed by atoms with Crippen LogP contribution >= 0.6 is 35.0 Å². The second-order valence-corrected chi connectivity index (χ2v) is 5.57. The lowest BCUT2D eigenvalue weighted by molar-refractivity contribution is -0.0497. The number of thioether (sulfide) groups is 1. The van der Waals surface area contributed by atoms with Crippen molar-refractivity contribution in [3.05, 3.63) is 22.2 Å². The van der Waals surface area contributed by atoms with Crippen molar-refractivity contribution in [3.8, 4) is 5.75 Å². The van der Waals surface area contributed by atoms with Crippen molar-refractivity contribution in [1.29, 1.82) is 0 Å². The third-order valence-electron chi connectivity index (χ3n) is 2.31. The fourth-order valence-corrected chi connectivity index (χ4v) is 2.54. The van der Waals surface area contributed by atoms with Crippen LogP contribution in [0.1, 0.15) is 12.8 Å². The van der Waals surface area contributed by atoms with Crippen molar-refractivity contribution in [3.63, 3.8) is 0 Å². The molecule has 0 atom stereocenters. The number of nitrogens with one attached hydrogen (secondary N) is 1. The molecular weight excluding hydrogens is 315 g/mol. The summed E-state index contributed by atoms with van der Waals surface area (Å²) in [5, 5.41) is 3.28. The highest BCUT2D eigenvalue weighted by atomic mass is 35.5. The lowest BCUT2D eigenvalue weighted by atomic mass is 10.2. The van der Waals surface area contributed by atoms with Crippen molar-refractivity contribution in [2.45, 2.75) is 19.5 Å². The molecule has 1 rings (SSSR count). The van der Waals surface area contributed by atoms with Crippen molar-refractivity contribution in [2.24, 2.45) is 0 Å². The third-order valence-corrected chi connectivity index (χ3v) is 3.57. The number of rotatable bonds is 8. The predicted molar refractivity (Wildman–Crippen MR) is 79.2 cm³/mol. The fourth-order valence-electron chi connectivity index (χ4n) is 1.47. The van der Waals surface area contributed by atoms with E-state index >= 15 is 0 Å². The monoisotopic (exact) mass is 329 g/mol. The van der Waals surface area contributed by atoms with Gasteiger partial charge >= 0.3 is 6.61 Å². The van der Waals surface area contributed by atoms with Crippen molar-refractivity contribution < 1.29 is 13.5 Å². The molecule has 0 spiro atoms. The Balaban J connectivity index is 2.57. The lowest BCUT2D eigenvalue weighted by Gasteiger charge is -2.12. The van der Waals surface area contributed by atoms with Gasteiger partial charge in [-0.15, -0.1) is 0 Å². The summed E-state index contributed by atoms with van der Waals surface area (Å²) >= 11 is 13.5. The Morgan fingerprint density at radius 3 is 2.42 bits per heavy atom. The number of hydrogen-bond donors (Lipinski definition) is 1. The number of hydrogen-bond acceptors (Lipinski definition) is 3. The van der Waals surface area contributed by atoms with E-state index < -0.39 is 6.61 Å². The molecule has 19 heavy (non-hydrogen) atoms. The highest BCUT2D eigenvalue weighted by Gasteiger charge is 2.14. The molecule has 0 aliphatic heterocycles. The van der Waals surface area contributed by atoms with Gasteiger partial charge in [0.25, 0.3) is 0 Å². The zero-order valence-electron chi connectivity index (χ0n) is 10.4. The molecule has 0 amide bonds. The van der Waals surface area contributed by atoms with Crippen LogP contribution in [-0.4, -0.2) is 25.2 Å². The third kappa shape index (κ3) is 6.06. The summed E-state index contributed by atoms with van der Waals surface area (Å²) in [7, 11) is 0. The molecular formula is C12H15Cl2F2NOS. The summed E-state index contributed by atoms with van der Waals surface area (Å²) in [6.07, 6.45) is 4.20. The van der Waals surface area contributed by atoms with Crippen molar-refractivity contribution >= 4 is 40.7 Å². The molecule has 0 aliphatic rings. The van der Waals surface area contributed by atoms with Gasteiger partial charge in [0.05, 0.1) is 10.0 Å². The van der Waals surface area contributed by atoms with Gasteiger partial charge in [-0.1, -0.05) is 23.2 Å². The minimum absolute atomic E-state index is 0.0689. The second kappa shape index (κ2) is 8.72. The average Bonchev–Trinajstić information content (AvgIpc) is 2.33. The van der Waals surface area contributed by atoms with E-state index in [0.29, 0.717) is 5.69 Å². The van der Waals surface area contributed by atoms with Crippen LogP contribution in [0.3, 0.4) is 0 Å². The molecule has 2 nitrogen and oxygen atoms in total. The molecule has 0 fully saturated rings. The Kier molecular flexibility index (Phi) is 7.64. The summed E-state index contributed by atoms with van der Waals surface area (Å²) < 4.78 is 28.6. The molecule has 1 aromatic rings. The molecule has 0 aliphatic carbocycles. The van der Waals surface area contributed by atoms with E-state index in [2.05, 4.69) is 16.3 Å². The zero-order chi connectivity index (χ0) is 14.3. The number of anilines is 1. The van der Waals surface area contributed by atoms with E-state index in [0.717, 1.165) is 25.1 Å². The fraction of sp³-hybridized carbons (Fsp3) is 0.500. The van der Waals surface area contributed by atoms with E-state index in [9.17, 15) is 8.78 Å². The highest BCUT2D eigenvalue weighted by molar-refractivity contribution is 7.98. The number of alkyl halides is 2. The minimum Gasteiger partial charge on any atom is -0.432 e. The number of halogens is 4. The molecule has 0 saturated heterocycles. The van der Waals surface area contributed by atoms with Gasteiger partial charge in [0.2, 0.25) is 0 Å². The molecule has 1 N–H and O–H groups in total. The second-order valence-electron chi connectivity index (χ2n) is 3.77.